The summed E-state index contributed by atoms with van der Waals surface area (Å²) in [6.07, 6.45) is 1.88. The normalized spacial score (nSPS) is 13.9. The maximum atomic E-state index is 13.6. The average molecular weight is 485 g/mol. The van der Waals surface area contributed by atoms with E-state index in [4.69, 9.17) is 9.15 Å². The van der Waals surface area contributed by atoms with Gasteiger partial charge in [0.25, 0.3) is 15.9 Å². The highest BCUT2D eigenvalue weighted by molar-refractivity contribution is 7.93. The fourth-order valence-corrected chi connectivity index (χ4v) is 5.76. The lowest BCUT2D eigenvalue weighted by molar-refractivity contribution is 0.0526. The van der Waals surface area contributed by atoms with Crippen LogP contribution in [0.4, 0.5) is 5.69 Å². The Morgan fingerprint density at radius 3 is 2.47 bits per heavy atom. The molecule has 1 saturated heterocycles. The van der Waals surface area contributed by atoms with Crippen LogP contribution in [0.2, 0.25) is 0 Å². The van der Waals surface area contributed by atoms with E-state index in [1.807, 2.05) is 13.0 Å². The second-order valence-electron chi connectivity index (χ2n) is 8.49. The lowest BCUT2D eigenvalue weighted by Crippen LogP contribution is -2.27. The second kappa shape index (κ2) is 9.13. The fraction of sp³-hybridized carbons (Fsp3) is 0.360. The molecule has 180 valence electrons. The molecule has 8 nitrogen and oxygen atoms in total. The van der Waals surface area contributed by atoms with Crippen LogP contribution in [0.5, 0.6) is 0 Å². The molecule has 2 heterocycles. The third kappa shape index (κ3) is 4.27. The van der Waals surface area contributed by atoms with Gasteiger partial charge in [-0.25, -0.2) is 13.2 Å². The molecule has 0 spiro atoms. The number of ether oxygens (including phenoxy) is 1. The molecular weight excluding hydrogens is 456 g/mol. The van der Waals surface area contributed by atoms with E-state index in [0.717, 1.165) is 18.4 Å². The van der Waals surface area contributed by atoms with Crippen molar-refractivity contribution in [2.24, 2.45) is 0 Å². The van der Waals surface area contributed by atoms with Crippen LogP contribution >= 0.6 is 0 Å². The SMILES string of the molecule is CCOC(=O)c1cccc(NS(=O)(=O)c2c(C)c(C)cc3c(C)c(C(=O)N4CCCC4)oc23)c1. The summed E-state index contributed by atoms with van der Waals surface area (Å²) >= 11 is 0. The van der Waals surface area contributed by atoms with Gasteiger partial charge in [0.15, 0.2) is 11.3 Å². The molecule has 1 N–H and O–H groups in total. The summed E-state index contributed by atoms with van der Waals surface area (Å²) in [4.78, 5) is 26.8. The van der Waals surface area contributed by atoms with Crippen LogP contribution < -0.4 is 4.72 Å². The number of likely N-dealkylation sites (tertiary alicyclic amines) is 1. The number of esters is 1. The molecule has 1 aromatic heterocycles. The Kier molecular flexibility index (Phi) is 6.40. The Balaban J connectivity index is 1.79. The predicted molar refractivity (Wildman–Crippen MR) is 129 cm³/mol. The molecule has 0 atom stereocenters. The number of fused-ring (bicyclic) bond motifs is 1. The van der Waals surface area contributed by atoms with Crippen molar-refractivity contribution < 1.29 is 27.2 Å². The first kappa shape index (κ1) is 23.8. The number of benzene rings is 2. The van der Waals surface area contributed by atoms with Gasteiger partial charge in [0.1, 0.15) is 4.90 Å². The Labute approximate surface area is 198 Å². The molecule has 4 rings (SSSR count). The van der Waals surface area contributed by atoms with Gasteiger partial charge in [-0.3, -0.25) is 9.52 Å². The second-order valence-corrected chi connectivity index (χ2v) is 10.1. The summed E-state index contributed by atoms with van der Waals surface area (Å²) in [5, 5.41) is 0.589. The van der Waals surface area contributed by atoms with E-state index in [-0.39, 0.29) is 40.0 Å². The summed E-state index contributed by atoms with van der Waals surface area (Å²) in [5.74, 6) is -0.591. The minimum Gasteiger partial charge on any atom is -0.462 e. The summed E-state index contributed by atoms with van der Waals surface area (Å²) < 4.78 is 40.7. The van der Waals surface area contributed by atoms with E-state index in [9.17, 15) is 18.0 Å². The summed E-state index contributed by atoms with van der Waals surface area (Å²) in [6.45, 7) is 8.54. The number of hydrogen-bond donors (Lipinski definition) is 1. The highest BCUT2D eigenvalue weighted by Gasteiger charge is 2.30. The van der Waals surface area contributed by atoms with E-state index in [2.05, 4.69) is 4.72 Å². The molecule has 9 heteroatoms. The van der Waals surface area contributed by atoms with Gasteiger partial charge in [-0.1, -0.05) is 6.07 Å². The Morgan fingerprint density at radius 2 is 1.79 bits per heavy atom. The molecule has 1 fully saturated rings. The number of nitrogens with one attached hydrogen (secondary N) is 1. The number of carbonyl (C=O) groups is 2. The summed E-state index contributed by atoms with van der Waals surface area (Å²) in [5.41, 5.74) is 2.51. The zero-order valence-electron chi connectivity index (χ0n) is 19.7. The van der Waals surface area contributed by atoms with E-state index in [1.54, 1.807) is 43.9 Å². The van der Waals surface area contributed by atoms with Gasteiger partial charge in [0.2, 0.25) is 0 Å². The van der Waals surface area contributed by atoms with Crippen molar-refractivity contribution in [1.82, 2.24) is 4.90 Å². The Bertz CT molecular complexity index is 1380. The molecule has 1 aliphatic rings. The molecule has 1 aliphatic heterocycles. The predicted octanol–water partition coefficient (Wildman–Crippen LogP) is 4.57. The number of carbonyl (C=O) groups excluding carboxylic acids is 2. The topological polar surface area (TPSA) is 106 Å². The smallest absolute Gasteiger partial charge is 0.338 e. The van der Waals surface area contributed by atoms with Crippen molar-refractivity contribution in [3.05, 3.63) is 58.3 Å². The molecule has 0 bridgehead atoms. The van der Waals surface area contributed by atoms with Crippen LogP contribution in [-0.2, 0) is 14.8 Å². The van der Waals surface area contributed by atoms with Gasteiger partial charge < -0.3 is 14.1 Å². The van der Waals surface area contributed by atoms with Gasteiger partial charge >= 0.3 is 5.97 Å². The molecule has 0 saturated carbocycles. The number of nitrogens with zero attached hydrogens (tertiary/aromatic N) is 1. The zero-order valence-corrected chi connectivity index (χ0v) is 20.5. The Morgan fingerprint density at radius 1 is 1.09 bits per heavy atom. The largest absolute Gasteiger partial charge is 0.462 e. The number of aryl methyl sites for hydroxylation is 2. The molecular formula is C25H28N2O6S. The van der Waals surface area contributed by atoms with Gasteiger partial charge in [0.05, 0.1) is 12.2 Å². The van der Waals surface area contributed by atoms with E-state index >= 15 is 0 Å². The molecule has 3 aromatic rings. The van der Waals surface area contributed by atoms with Gasteiger partial charge in [-0.05, 0) is 75.9 Å². The summed E-state index contributed by atoms with van der Waals surface area (Å²) in [6, 6.07) is 7.96. The van der Waals surface area contributed by atoms with Crippen molar-refractivity contribution in [3.8, 4) is 0 Å². The van der Waals surface area contributed by atoms with Gasteiger partial charge in [-0.15, -0.1) is 0 Å². The van der Waals surface area contributed by atoms with Crippen molar-refractivity contribution in [3.63, 3.8) is 0 Å². The maximum absolute atomic E-state index is 13.6. The first-order valence-corrected chi connectivity index (χ1v) is 12.7. The maximum Gasteiger partial charge on any atom is 0.338 e. The van der Waals surface area contributed by atoms with Crippen LogP contribution in [0, 0.1) is 20.8 Å². The lowest BCUT2D eigenvalue weighted by atomic mass is 10.0. The number of furan rings is 1. The number of amides is 1. The molecule has 1 amide bonds. The molecule has 0 unspecified atom stereocenters. The molecule has 2 aromatic carbocycles. The Hall–Kier alpha value is -3.33. The average Bonchev–Trinajstić information content (AvgIpc) is 3.43. The number of sulfonamides is 1. The first-order valence-electron chi connectivity index (χ1n) is 11.3. The molecule has 0 radical (unpaired) electrons. The van der Waals surface area contributed by atoms with Crippen molar-refractivity contribution in [2.75, 3.05) is 24.4 Å². The van der Waals surface area contributed by atoms with Crippen molar-refractivity contribution in [2.45, 2.75) is 45.4 Å². The number of anilines is 1. The highest BCUT2D eigenvalue weighted by atomic mass is 32.2. The van der Waals surface area contributed by atoms with Gasteiger partial charge in [-0.2, -0.15) is 0 Å². The van der Waals surface area contributed by atoms with Crippen LogP contribution in [0.15, 0.2) is 39.6 Å². The van der Waals surface area contributed by atoms with E-state index in [0.29, 0.717) is 29.6 Å². The van der Waals surface area contributed by atoms with Crippen molar-refractivity contribution >= 4 is 38.6 Å². The molecule has 34 heavy (non-hydrogen) atoms. The van der Waals surface area contributed by atoms with Crippen LogP contribution in [-0.4, -0.2) is 44.9 Å². The van der Waals surface area contributed by atoms with E-state index < -0.39 is 16.0 Å². The number of rotatable bonds is 6. The zero-order chi connectivity index (χ0) is 24.6. The van der Waals surface area contributed by atoms with E-state index in [1.165, 1.54) is 6.07 Å². The monoisotopic (exact) mass is 484 g/mol. The standard InChI is InChI=1S/C25H28N2O6S/c1-5-32-25(29)18-9-8-10-19(14-18)26-34(30,31)23-16(3)15(2)13-20-17(4)21(33-22(20)23)24(28)27-11-6-7-12-27/h8-10,13-14,26H,5-7,11-12H2,1-4H3. The fourth-order valence-electron chi connectivity index (χ4n) is 4.26. The number of hydrogen-bond acceptors (Lipinski definition) is 6. The highest BCUT2D eigenvalue weighted by Crippen LogP contribution is 2.36. The minimum atomic E-state index is -4.12. The molecule has 0 aliphatic carbocycles. The van der Waals surface area contributed by atoms with Crippen molar-refractivity contribution in [1.29, 1.82) is 0 Å². The van der Waals surface area contributed by atoms with Crippen LogP contribution in [0.25, 0.3) is 11.0 Å². The van der Waals surface area contributed by atoms with Gasteiger partial charge in [0, 0.05) is 29.7 Å². The third-order valence-corrected chi connectivity index (χ3v) is 7.71. The third-order valence-electron chi connectivity index (χ3n) is 6.17. The first-order chi connectivity index (χ1) is 16.1. The minimum absolute atomic E-state index is 0.0207. The van der Waals surface area contributed by atoms with Crippen LogP contribution in [0.3, 0.4) is 0 Å². The van der Waals surface area contributed by atoms with Crippen LogP contribution in [0.1, 0.15) is 57.4 Å². The lowest BCUT2D eigenvalue weighted by Gasteiger charge is -2.14. The quantitative estimate of drug-likeness (QED) is 0.514. The summed E-state index contributed by atoms with van der Waals surface area (Å²) in [7, 11) is -4.12.